The van der Waals surface area contributed by atoms with Crippen molar-refractivity contribution in [2.24, 2.45) is 5.73 Å². The lowest BCUT2D eigenvalue weighted by molar-refractivity contribution is 0.460. The van der Waals surface area contributed by atoms with E-state index in [-0.39, 0.29) is 6.04 Å². The number of nitrogens with two attached hydrogens (primary N) is 1. The summed E-state index contributed by atoms with van der Waals surface area (Å²) in [5.41, 5.74) is 7.71. The molecule has 1 aromatic heterocycles. The summed E-state index contributed by atoms with van der Waals surface area (Å²) in [6.45, 7) is 2.29. The van der Waals surface area contributed by atoms with E-state index in [1.54, 1.807) is 0 Å². The summed E-state index contributed by atoms with van der Waals surface area (Å²) in [6, 6.07) is 3.05. The topological polar surface area (TPSA) is 43.8 Å². The van der Waals surface area contributed by atoms with Crippen LogP contribution in [0, 0.1) is 0 Å². The first-order valence-electron chi connectivity index (χ1n) is 8.30. The molecule has 21 heavy (non-hydrogen) atoms. The van der Waals surface area contributed by atoms with Gasteiger partial charge in [0.1, 0.15) is 0 Å². The predicted octanol–water partition coefficient (Wildman–Crippen LogP) is 3.50. The van der Waals surface area contributed by atoms with Gasteiger partial charge in [0.05, 0.1) is 11.7 Å². The van der Waals surface area contributed by atoms with Gasteiger partial charge in [-0.25, -0.2) is 0 Å². The van der Waals surface area contributed by atoms with Gasteiger partial charge in [-0.2, -0.15) is 28.6 Å². The van der Waals surface area contributed by atoms with Crippen LogP contribution in [0.15, 0.2) is 12.3 Å². The maximum absolute atomic E-state index is 6.53. The van der Waals surface area contributed by atoms with E-state index in [1.807, 2.05) is 0 Å². The molecule has 1 aromatic rings. The fourth-order valence-electron chi connectivity index (χ4n) is 3.55. The Bertz CT molecular complexity index is 442. The maximum atomic E-state index is 6.53. The molecule has 0 bridgehead atoms. The smallest absolute Gasteiger partial charge is 0.0640 e. The number of nitrogens with zero attached hydrogens (tertiary/aromatic N) is 2. The van der Waals surface area contributed by atoms with E-state index in [1.165, 1.54) is 49.3 Å². The van der Waals surface area contributed by atoms with E-state index in [9.17, 15) is 0 Å². The monoisotopic (exact) mass is 325 g/mol. The highest BCUT2D eigenvalue weighted by molar-refractivity contribution is 8.07. The van der Waals surface area contributed by atoms with Crippen LogP contribution < -0.4 is 5.73 Å². The van der Waals surface area contributed by atoms with Gasteiger partial charge in [-0.15, -0.1) is 0 Å². The van der Waals surface area contributed by atoms with Gasteiger partial charge in [0.15, 0.2) is 0 Å². The molecule has 2 aliphatic rings. The van der Waals surface area contributed by atoms with E-state index in [0.717, 1.165) is 11.7 Å². The molecule has 5 heteroatoms. The van der Waals surface area contributed by atoms with Gasteiger partial charge in [0.25, 0.3) is 0 Å². The molecule has 2 N–H and O–H groups in total. The fourth-order valence-corrected chi connectivity index (χ4v) is 6.75. The normalized spacial score (nSPS) is 28.9. The maximum Gasteiger partial charge on any atom is 0.0640 e. The Morgan fingerprint density at radius 2 is 2.10 bits per heavy atom. The minimum absolute atomic E-state index is 0.236. The molecule has 0 radical (unpaired) electrons. The molecule has 3 nitrogen and oxygen atoms in total. The second-order valence-corrected chi connectivity index (χ2v) is 8.88. The lowest BCUT2D eigenvalue weighted by atomic mass is 10.0. The van der Waals surface area contributed by atoms with Gasteiger partial charge in [0, 0.05) is 40.7 Å². The lowest BCUT2D eigenvalue weighted by Gasteiger charge is -2.33. The molecule has 1 aliphatic heterocycles. The van der Waals surface area contributed by atoms with Crippen LogP contribution in [-0.4, -0.2) is 37.8 Å². The summed E-state index contributed by atoms with van der Waals surface area (Å²) in [5.74, 6) is 2.53. The average Bonchev–Trinajstić information content (AvgIpc) is 3.17. The molecule has 0 aromatic carbocycles. The highest BCUT2D eigenvalue weighted by Gasteiger charge is 2.30. The minimum Gasteiger partial charge on any atom is -0.326 e. The highest BCUT2D eigenvalue weighted by atomic mass is 32.2. The summed E-state index contributed by atoms with van der Waals surface area (Å²) >= 11 is 4.18. The Kier molecular flexibility index (Phi) is 5.57. The molecule has 3 rings (SSSR count). The number of thioether (sulfide) groups is 2. The zero-order valence-corrected chi connectivity index (χ0v) is 14.5. The molecule has 3 unspecified atom stereocenters. The molecular formula is C16H27N3S2. The highest BCUT2D eigenvalue weighted by Crippen LogP contribution is 2.35. The average molecular weight is 326 g/mol. The van der Waals surface area contributed by atoms with Crippen molar-refractivity contribution in [1.29, 1.82) is 0 Å². The lowest BCUT2D eigenvalue weighted by Crippen LogP contribution is -2.43. The minimum atomic E-state index is 0.236. The standard InChI is InChI=1S/C16H27N3S2/c1-2-15-16(21-10-9-20-15)14(17)11-12-7-8-19(18-12)13-5-3-4-6-13/h7-8,13-16H,2-6,9-11,17H2,1H3. The van der Waals surface area contributed by atoms with Gasteiger partial charge in [0.2, 0.25) is 0 Å². The Balaban J connectivity index is 1.60. The van der Waals surface area contributed by atoms with Crippen LogP contribution in [0.1, 0.15) is 50.8 Å². The number of aromatic nitrogens is 2. The van der Waals surface area contributed by atoms with Gasteiger partial charge < -0.3 is 5.73 Å². The van der Waals surface area contributed by atoms with Crippen molar-refractivity contribution >= 4 is 23.5 Å². The van der Waals surface area contributed by atoms with Crippen LogP contribution in [0.5, 0.6) is 0 Å². The largest absolute Gasteiger partial charge is 0.326 e. The third-order valence-corrected chi connectivity index (χ3v) is 8.15. The first-order valence-corrected chi connectivity index (χ1v) is 10.4. The molecule has 1 aliphatic carbocycles. The van der Waals surface area contributed by atoms with Crippen molar-refractivity contribution in [3.8, 4) is 0 Å². The SMILES string of the molecule is CCC1SCCSC1C(N)Cc1ccn(C2CCCC2)n1. The number of rotatable bonds is 5. The van der Waals surface area contributed by atoms with Crippen molar-refractivity contribution in [3.63, 3.8) is 0 Å². The van der Waals surface area contributed by atoms with Crippen LogP contribution >= 0.6 is 23.5 Å². The zero-order valence-electron chi connectivity index (χ0n) is 12.9. The van der Waals surface area contributed by atoms with E-state index in [4.69, 9.17) is 10.8 Å². The summed E-state index contributed by atoms with van der Waals surface area (Å²) in [4.78, 5) is 0. The molecule has 2 fully saturated rings. The van der Waals surface area contributed by atoms with E-state index >= 15 is 0 Å². The van der Waals surface area contributed by atoms with Crippen LogP contribution in [0.3, 0.4) is 0 Å². The van der Waals surface area contributed by atoms with E-state index in [0.29, 0.717) is 11.3 Å². The van der Waals surface area contributed by atoms with Crippen molar-refractivity contribution in [3.05, 3.63) is 18.0 Å². The van der Waals surface area contributed by atoms with Crippen molar-refractivity contribution in [2.75, 3.05) is 11.5 Å². The molecule has 118 valence electrons. The van der Waals surface area contributed by atoms with Crippen molar-refractivity contribution in [1.82, 2.24) is 9.78 Å². The van der Waals surface area contributed by atoms with Gasteiger partial charge in [-0.3, -0.25) is 4.68 Å². The molecule has 1 saturated heterocycles. The van der Waals surface area contributed by atoms with E-state index in [2.05, 4.69) is 47.4 Å². The van der Waals surface area contributed by atoms with Gasteiger partial charge >= 0.3 is 0 Å². The van der Waals surface area contributed by atoms with Crippen LogP contribution in [0.4, 0.5) is 0 Å². The third-order valence-electron chi connectivity index (χ3n) is 4.72. The molecule has 1 saturated carbocycles. The summed E-state index contributed by atoms with van der Waals surface area (Å²) in [6.07, 6.45) is 9.61. The zero-order chi connectivity index (χ0) is 14.7. The Morgan fingerprint density at radius 1 is 1.33 bits per heavy atom. The predicted molar refractivity (Wildman–Crippen MR) is 94.2 cm³/mol. The van der Waals surface area contributed by atoms with Crippen LogP contribution in [0.2, 0.25) is 0 Å². The van der Waals surface area contributed by atoms with Crippen molar-refractivity contribution in [2.45, 2.75) is 68.0 Å². The molecular weight excluding hydrogens is 298 g/mol. The molecule has 2 heterocycles. The fraction of sp³-hybridized carbons (Fsp3) is 0.812. The van der Waals surface area contributed by atoms with E-state index < -0.39 is 0 Å². The van der Waals surface area contributed by atoms with Gasteiger partial charge in [-0.1, -0.05) is 19.8 Å². The summed E-state index contributed by atoms with van der Waals surface area (Å²) < 4.78 is 2.19. The summed E-state index contributed by atoms with van der Waals surface area (Å²) in [7, 11) is 0. The Labute approximate surface area is 136 Å². The quantitative estimate of drug-likeness (QED) is 0.900. The second kappa shape index (κ2) is 7.42. The Hall–Kier alpha value is -0.130. The molecule has 0 amide bonds. The Morgan fingerprint density at radius 3 is 2.86 bits per heavy atom. The number of hydrogen-bond donors (Lipinski definition) is 1. The first kappa shape index (κ1) is 15.8. The number of hydrogen-bond acceptors (Lipinski definition) is 4. The van der Waals surface area contributed by atoms with Crippen LogP contribution in [0.25, 0.3) is 0 Å². The van der Waals surface area contributed by atoms with Crippen molar-refractivity contribution < 1.29 is 0 Å². The second-order valence-electron chi connectivity index (χ2n) is 6.25. The third kappa shape index (κ3) is 3.80. The molecule has 3 atom stereocenters. The first-order chi connectivity index (χ1) is 10.3. The summed E-state index contributed by atoms with van der Waals surface area (Å²) in [5, 5.41) is 6.11. The van der Waals surface area contributed by atoms with Gasteiger partial charge in [-0.05, 0) is 25.3 Å². The van der Waals surface area contributed by atoms with Crippen LogP contribution in [-0.2, 0) is 6.42 Å². The molecule has 0 spiro atoms.